The van der Waals surface area contributed by atoms with E-state index in [-0.39, 0.29) is 12.5 Å². The first-order chi connectivity index (χ1) is 9.64. The van der Waals surface area contributed by atoms with Crippen molar-refractivity contribution < 1.29 is 14.3 Å². The van der Waals surface area contributed by atoms with Crippen molar-refractivity contribution in [3.63, 3.8) is 0 Å². The predicted octanol–water partition coefficient (Wildman–Crippen LogP) is -0.575. The highest BCUT2D eigenvalue weighted by molar-refractivity contribution is 7.15. The molecule has 1 spiro atoms. The van der Waals surface area contributed by atoms with Gasteiger partial charge in [-0.1, -0.05) is 11.3 Å². The summed E-state index contributed by atoms with van der Waals surface area (Å²) in [5.41, 5.74) is 1.57. The number of carbonyl (C=O) groups is 2. The van der Waals surface area contributed by atoms with Crippen LogP contribution in [0.25, 0.3) is 0 Å². The van der Waals surface area contributed by atoms with E-state index in [0.717, 1.165) is 0 Å². The van der Waals surface area contributed by atoms with Crippen LogP contribution in [0.4, 0.5) is 9.93 Å². The summed E-state index contributed by atoms with van der Waals surface area (Å²) in [5, 5.41) is 11.4. The lowest BCUT2D eigenvalue weighted by Gasteiger charge is -2.30. The minimum Gasteiger partial charge on any atom is -0.381 e. The summed E-state index contributed by atoms with van der Waals surface area (Å²) in [6.07, 6.45) is 1.000. The van der Waals surface area contributed by atoms with Crippen LogP contribution in [0.15, 0.2) is 0 Å². The SMILES string of the molecule is NNc1nnc(CN2C(=O)NC3(CCOCC3)C2=O)s1. The number of nitrogen functional groups attached to an aromatic ring is 1. The lowest BCUT2D eigenvalue weighted by atomic mass is 9.90. The number of amides is 3. The van der Waals surface area contributed by atoms with Gasteiger partial charge in [0, 0.05) is 26.1 Å². The van der Waals surface area contributed by atoms with E-state index in [2.05, 4.69) is 20.9 Å². The number of nitrogens with zero attached hydrogens (tertiary/aromatic N) is 3. The van der Waals surface area contributed by atoms with E-state index < -0.39 is 11.6 Å². The topological polar surface area (TPSA) is 122 Å². The number of nitrogens with one attached hydrogen (secondary N) is 2. The van der Waals surface area contributed by atoms with Crippen LogP contribution >= 0.6 is 11.3 Å². The van der Waals surface area contributed by atoms with Gasteiger partial charge in [-0.3, -0.25) is 15.1 Å². The number of urea groups is 1. The fourth-order valence-electron chi connectivity index (χ4n) is 2.39. The molecule has 1 aromatic rings. The summed E-state index contributed by atoms with van der Waals surface area (Å²) >= 11 is 1.20. The van der Waals surface area contributed by atoms with E-state index in [1.807, 2.05) is 0 Å². The fourth-order valence-corrected chi connectivity index (χ4v) is 3.03. The van der Waals surface area contributed by atoms with E-state index in [0.29, 0.717) is 36.2 Å². The van der Waals surface area contributed by atoms with E-state index in [9.17, 15) is 9.59 Å². The molecule has 0 radical (unpaired) electrons. The van der Waals surface area contributed by atoms with Gasteiger partial charge in [0.25, 0.3) is 5.91 Å². The van der Waals surface area contributed by atoms with Crippen molar-refractivity contribution in [1.29, 1.82) is 0 Å². The molecule has 3 heterocycles. The van der Waals surface area contributed by atoms with Crippen molar-refractivity contribution in [1.82, 2.24) is 20.4 Å². The number of anilines is 1. The second-order valence-corrected chi connectivity index (χ2v) is 5.72. The lowest BCUT2D eigenvalue weighted by Crippen LogP contribution is -2.51. The largest absolute Gasteiger partial charge is 0.381 e. The fraction of sp³-hybridized carbons (Fsp3) is 0.600. The van der Waals surface area contributed by atoms with Crippen LogP contribution in [0.2, 0.25) is 0 Å². The maximum absolute atomic E-state index is 12.5. The van der Waals surface area contributed by atoms with E-state index in [1.165, 1.54) is 16.2 Å². The summed E-state index contributed by atoms with van der Waals surface area (Å²) in [6.45, 7) is 1.05. The van der Waals surface area contributed by atoms with Crippen LogP contribution in [-0.4, -0.2) is 45.8 Å². The third kappa shape index (κ3) is 2.11. The zero-order valence-electron chi connectivity index (χ0n) is 10.6. The zero-order chi connectivity index (χ0) is 14.2. The predicted molar refractivity (Wildman–Crippen MR) is 69.6 cm³/mol. The molecule has 3 rings (SSSR count). The average molecular weight is 298 g/mol. The first kappa shape index (κ1) is 13.2. The van der Waals surface area contributed by atoms with E-state index >= 15 is 0 Å². The molecule has 9 nitrogen and oxygen atoms in total. The smallest absolute Gasteiger partial charge is 0.325 e. The molecule has 1 aromatic heterocycles. The van der Waals surface area contributed by atoms with Crippen molar-refractivity contribution >= 4 is 28.4 Å². The highest BCUT2D eigenvalue weighted by atomic mass is 32.1. The number of rotatable bonds is 3. The summed E-state index contributed by atoms with van der Waals surface area (Å²) in [7, 11) is 0. The van der Waals surface area contributed by atoms with Crippen LogP contribution in [0.5, 0.6) is 0 Å². The van der Waals surface area contributed by atoms with Crippen molar-refractivity contribution in [2.45, 2.75) is 24.9 Å². The molecule has 2 fully saturated rings. The molecular formula is C10H14N6O3S. The first-order valence-electron chi connectivity index (χ1n) is 6.15. The molecule has 10 heteroatoms. The number of hydrogen-bond acceptors (Lipinski definition) is 8. The molecule has 0 bridgehead atoms. The third-order valence-electron chi connectivity index (χ3n) is 3.48. The second kappa shape index (κ2) is 4.96. The molecule has 0 unspecified atom stereocenters. The van der Waals surface area contributed by atoms with Gasteiger partial charge < -0.3 is 10.1 Å². The molecule has 0 atom stereocenters. The number of nitrogens with two attached hydrogens (primary N) is 1. The van der Waals surface area contributed by atoms with Gasteiger partial charge in [0.2, 0.25) is 5.13 Å². The Morgan fingerprint density at radius 3 is 2.80 bits per heavy atom. The minimum atomic E-state index is -0.811. The highest BCUT2D eigenvalue weighted by Crippen LogP contribution is 2.29. The zero-order valence-corrected chi connectivity index (χ0v) is 11.4. The van der Waals surface area contributed by atoms with Crippen molar-refractivity contribution in [3.8, 4) is 0 Å². The van der Waals surface area contributed by atoms with Crippen LogP contribution < -0.4 is 16.6 Å². The Hall–Kier alpha value is -1.78. The molecule has 108 valence electrons. The third-order valence-corrected chi connectivity index (χ3v) is 4.32. The van der Waals surface area contributed by atoms with Gasteiger partial charge in [-0.25, -0.2) is 10.6 Å². The van der Waals surface area contributed by atoms with Crippen LogP contribution in [0.3, 0.4) is 0 Å². The summed E-state index contributed by atoms with van der Waals surface area (Å²) < 4.78 is 5.25. The van der Waals surface area contributed by atoms with E-state index in [1.54, 1.807) is 0 Å². The monoisotopic (exact) mass is 298 g/mol. The highest BCUT2D eigenvalue weighted by Gasteiger charge is 2.51. The Bertz CT molecular complexity index is 541. The Morgan fingerprint density at radius 1 is 1.40 bits per heavy atom. The molecule has 3 amide bonds. The van der Waals surface area contributed by atoms with Gasteiger partial charge in [0.15, 0.2) is 0 Å². The Labute approximate surface area is 118 Å². The van der Waals surface area contributed by atoms with Crippen LogP contribution in [0.1, 0.15) is 17.8 Å². The Balaban J connectivity index is 1.76. The van der Waals surface area contributed by atoms with E-state index in [4.69, 9.17) is 10.6 Å². The Kier molecular flexibility index (Phi) is 3.28. The minimum absolute atomic E-state index is 0.104. The number of hydrazine groups is 1. The standard InChI is InChI=1S/C10H14N6O3S/c11-13-8-15-14-6(20-8)5-16-7(17)10(12-9(16)18)1-3-19-4-2-10/h1-5,11H2,(H,12,18)(H,13,15). The van der Waals surface area contributed by atoms with Crippen molar-refractivity contribution in [2.24, 2.45) is 5.84 Å². The van der Waals surface area contributed by atoms with Crippen LogP contribution in [0, 0.1) is 0 Å². The Morgan fingerprint density at radius 2 is 2.15 bits per heavy atom. The van der Waals surface area contributed by atoms with Crippen molar-refractivity contribution in [3.05, 3.63) is 5.01 Å². The molecule has 20 heavy (non-hydrogen) atoms. The van der Waals surface area contributed by atoms with Crippen molar-refractivity contribution in [2.75, 3.05) is 18.6 Å². The summed E-state index contributed by atoms with van der Waals surface area (Å²) in [5.74, 6) is 5.00. The average Bonchev–Trinajstić information content (AvgIpc) is 3.00. The van der Waals surface area contributed by atoms with Gasteiger partial charge in [0.05, 0.1) is 6.54 Å². The molecule has 2 saturated heterocycles. The quantitative estimate of drug-likeness (QED) is 0.388. The van der Waals surface area contributed by atoms with Crippen LogP contribution in [-0.2, 0) is 16.1 Å². The van der Waals surface area contributed by atoms with Gasteiger partial charge in [0.1, 0.15) is 10.5 Å². The summed E-state index contributed by atoms with van der Waals surface area (Å²) in [4.78, 5) is 25.7. The molecule has 2 aliphatic rings. The molecule has 0 saturated carbocycles. The number of carbonyl (C=O) groups excluding carboxylic acids is 2. The number of aromatic nitrogens is 2. The lowest BCUT2D eigenvalue weighted by molar-refractivity contribution is -0.134. The number of ether oxygens (including phenoxy) is 1. The second-order valence-electron chi connectivity index (χ2n) is 4.66. The van der Waals surface area contributed by atoms with Gasteiger partial charge in [-0.2, -0.15) is 0 Å². The molecule has 0 aliphatic carbocycles. The molecule has 2 aliphatic heterocycles. The number of imide groups is 1. The maximum atomic E-state index is 12.5. The first-order valence-corrected chi connectivity index (χ1v) is 6.97. The van der Waals surface area contributed by atoms with Gasteiger partial charge in [-0.05, 0) is 0 Å². The normalized spacial score (nSPS) is 21.4. The number of hydrogen-bond donors (Lipinski definition) is 3. The molecular weight excluding hydrogens is 284 g/mol. The van der Waals surface area contributed by atoms with Gasteiger partial charge >= 0.3 is 6.03 Å². The maximum Gasteiger partial charge on any atom is 0.325 e. The van der Waals surface area contributed by atoms with Gasteiger partial charge in [-0.15, -0.1) is 10.2 Å². The molecule has 0 aromatic carbocycles. The molecule has 4 N–H and O–H groups in total. The summed E-state index contributed by atoms with van der Waals surface area (Å²) in [6, 6.07) is -0.394.